The number of benzene rings is 2. The minimum atomic E-state index is -3.59. The zero-order valence-electron chi connectivity index (χ0n) is 18.9. The molecule has 33 heavy (non-hydrogen) atoms. The first-order valence-electron chi connectivity index (χ1n) is 10.1. The van der Waals surface area contributed by atoms with Gasteiger partial charge in [-0.3, -0.25) is 4.79 Å². The van der Waals surface area contributed by atoms with Gasteiger partial charge < -0.3 is 19.3 Å². The monoisotopic (exact) mass is 474 g/mol. The fraction of sp³-hybridized carbons (Fsp3) is 0.318. The molecule has 0 saturated carbocycles. The molecule has 1 amide bonds. The molecule has 0 atom stereocenters. The van der Waals surface area contributed by atoms with Gasteiger partial charge in [0.25, 0.3) is 0 Å². The molecule has 0 aliphatic rings. The average molecular weight is 475 g/mol. The molecular weight excluding hydrogens is 448 g/mol. The molecule has 0 bridgehead atoms. The van der Waals surface area contributed by atoms with Crippen LogP contribution in [0.15, 0.2) is 51.9 Å². The average Bonchev–Trinajstić information content (AvgIpc) is 3.30. The van der Waals surface area contributed by atoms with Crippen LogP contribution in [0.25, 0.3) is 11.4 Å². The summed E-state index contributed by atoms with van der Waals surface area (Å²) in [5, 5.41) is 6.66. The lowest BCUT2D eigenvalue weighted by atomic mass is 10.1. The van der Waals surface area contributed by atoms with E-state index in [4.69, 9.17) is 14.0 Å². The van der Waals surface area contributed by atoms with E-state index in [9.17, 15) is 13.2 Å². The van der Waals surface area contributed by atoms with Crippen LogP contribution in [0.2, 0.25) is 0 Å². The number of rotatable bonds is 10. The van der Waals surface area contributed by atoms with Crippen LogP contribution in [-0.2, 0) is 27.8 Å². The van der Waals surface area contributed by atoms with Gasteiger partial charge in [0.2, 0.25) is 27.6 Å². The van der Waals surface area contributed by atoms with Gasteiger partial charge >= 0.3 is 0 Å². The molecule has 176 valence electrons. The predicted molar refractivity (Wildman–Crippen MR) is 120 cm³/mol. The maximum Gasteiger partial charge on any atom is 0.246 e. The van der Waals surface area contributed by atoms with Gasteiger partial charge in [0.15, 0.2) is 0 Å². The number of hydrogen-bond donors (Lipinski definition) is 1. The quantitative estimate of drug-likeness (QED) is 0.475. The van der Waals surface area contributed by atoms with E-state index in [-0.39, 0.29) is 29.7 Å². The Morgan fingerprint density at radius 1 is 1.12 bits per heavy atom. The Bertz CT molecular complexity index is 1220. The van der Waals surface area contributed by atoms with Crippen LogP contribution in [0, 0.1) is 0 Å². The van der Waals surface area contributed by atoms with Crippen molar-refractivity contribution in [1.29, 1.82) is 0 Å². The first-order valence-corrected chi connectivity index (χ1v) is 11.5. The molecular formula is C22H26N4O6S. The van der Waals surface area contributed by atoms with E-state index < -0.39 is 10.0 Å². The number of nitrogens with one attached hydrogen (secondary N) is 1. The molecule has 1 N–H and O–H groups in total. The van der Waals surface area contributed by atoms with Gasteiger partial charge in [-0.25, -0.2) is 12.7 Å². The Kier molecular flexibility index (Phi) is 7.67. The summed E-state index contributed by atoms with van der Waals surface area (Å²) in [6.45, 7) is 0.0714. The van der Waals surface area contributed by atoms with Gasteiger partial charge in [-0.1, -0.05) is 17.3 Å². The predicted octanol–water partition coefficient (Wildman–Crippen LogP) is 2.25. The van der Waals surface area contributed by atoms with Crippen molar-refractivity contribution in [2.24, 2.45) is 0 Å². The lowest BCUT2D eigenvalue weighted by Crippen LogP contribution is -2.24. The second kappa shape index (κ2) is 10.5. The molecule has 2 aromatic carbocycles. The van der Waals surface area contributed by atoms with E-state index in [2.05, 4.69) is 15.5 Å². The van der Waals surface area contributed by atoms with Gasteiger partial charge in [-0.15, -0.1) is 0 Å². The van der Waals surface area contributed by atoms with Gasteiger partial charge in [0.05, 0.1) is 25.7 Å². The minimum absolute atomic E-state index is 0.0714. The molecule has 0 fully saturated rings. The maximum absolute atomic E-state index is 12.4. The summed E-state index contributed by atoms with van der Waals surface area (Å²) >= 11 is 0. The number of carbonyl (C=O) groups excluding carboxylic acids is 1. The Labute approximate surface area is 192 Å². The standard InChI is InChI=1S/C22H26N4O6S/c1-26(2)33(28,29)18-9-10-19(31-4)15(13-18)8-11-20(27)23-14-21-24-22(25-32-21)16-6-5-7-17(12-16)30-3/h5-7,9-10,12-13H,8,11,14H2,1-4H3,(H,23,27). The Balaban J connectivity index is 1.60. The smallest absolute Gasteiger partial charge is 0.246 e. The van der Waals surface area contributed by atoms with Crippen molar-refractivity contribution < 1.29 is 27.2 Å². The first-order chi connectivity index (χ1) is 15.7. The Morgan fingerprint density at radius 2 is 1.91 bits per heavy atom. The molecule has 11 heteroatoms. The lowest BCUT2D eigenvalue weighted by Gasteiger charge is -2.14. The highest BCUT2D eigenvalue weighted by Crippen LogP contribution is 2.25. The first kappa shape index (κ1) is 24.2. The van der Waals surface area contributed by atoms with E-state index in [0.717, 1.165) is 9.87 Å². The zero-order chi connectivity index (χ0) is 24.0. The van der Waals surface area contributed by atoms with Gasteiger partial charge in [0.1, 0.15) is 11.5 Å². The summed E-state index contributed by atoms with van der Waals surface area (Å²) < 4.78 is 41.6. The molecule has 3 rings (SSSR count). The number of hydrogen-bond acceptors (Lipinski definition) is 8. The fourth-order valence-corrected chi connectivity index (χ4v) is 3.99. The van der Waals surface area contributed by atoms with Gasteiger partial charge in [0, 0.05) is 26.1 Å². The number of aromatic nitrogens is 2. The van der Waals surface area contributed by atoms with E-state index in [1.807, 2.05) is 18.2 Å². The van der Waals surface area contributed by atoms with Crippen LogP contribution >= 0.6 is 0 Å². The summed E-state index contributed by atoms with van der Waals surface area (Å²) in [5.74, 6) is 1.59. The normalized spacial score (nSPS) is 11.4. The van der Waals surface area contributed by atoms with E-state index in [0.29, 0.717) is 29.3 Å². The molecule has 0 unspecified atom stereocenters. The number of carbonyl (C=O) groups is 1. The van der Waals surface area contributed by atoms with Crippen molar-refractivity contribution in [3.63, 3.8) is 0 Å². The SMILES string of the molecule is COc1cccc(-c2noc(CNC(=O)CCc3cc(S(=O)(=O)N(C)C)ccc3OC)n2)c1. The number of methoxy groups -OCH3 is 2. The summed E-state index contributed by atoms with van der Waals surface area (Å²) in [7, 11) is 2.40. The summed E-state index contributed by atoms with van der Waals surface area (Å²) in [6, 6.07) is 11.8. The Morgan fingerprint density at radius 3 is 2.61 bits per heavy atom. The van der Waals surface area contributed by atoms with Crippen molar-refractivity contribution >= 4 is 15.9 Å². The molecule has 0 aliphatic carbocycles. The van der Waals surface area contributed by atoms with Crippen molar-refractivity contribution in [1.82, 2.24) is 19.8 Å². The van der Waals surface area contributed by atoms with Crippen LogP contribution in [0.1, 0.15) is 17.9 Å². The number of ether oxygens (including phenoxy) is 2. The second-order valence-corrected chi connectivity index (χ2v) is 9.43. The molecule has 0 spiro atoms. The largest absolute Gasteiger partial charge is 0.497 e. The third-order valence-electron chi connectivity index (χ3n) is 4.88. The fourth-order valence-electron chi connectivity index (χ4n) is 3.04. The second-order valence-electron chi connectivity index (χ2n) is 7.28. The van der Waals surface area contributed by atoms with Gasteiger partial charge in [-0.05, 0) is 42.3 Å². The van der Waals surface area contributed by atoms with Crippen molar-refractivity contribution in [2.75, 3.05) is 28.3 Å². The third kappa shape index (κ3) is 5.88. The molecule has 0 radical (unpaired) electrons. The van der Waals surface area contributed by atoms with Crippen molar-refractivity contribution in [3.8, 4) is 22.9 Å². The van der Waals surface area contributed by atoms with E-state index >= 15 is 0 Å². The van der Waals surface area contributed by atoms with Crippen LogP contribution in [0.5, 0.6) is 11.5 Å². The minimum Gasteiger partial charge on any atom is -0.497 e. The molecule has 1 aromatic heterocycles. The highest BCUT2D eigenvalue weighted by atomic mass is 32.2. The van der Waals surface area contributed by atoms with Crippen molar-refractivity contribution in [3.05, 3.63) is 53.9 Å². The molecule has 0 aliphatic heterocycles. The summed E-state index contributed by atoms with van der Waals surface area (Å²) in [6.07, 6.45) is 0.420. The van der Waals surface area contributed by atoms with Crippen LogP contribution in [0.4, 0.5) is 0 Å². The van der Waals surface area contributed by atoms with E-state index in [1.165, 1.54) is 33.3 Å². The number of amides is 1. The van der Waals surface area contributed by atoms with Gasteiger partial charge in [-0.2, -0.15) is 4.98 Å². The zero-order valence-corrected chi connectivity index (χ0v) is 19.7. The topological polar surface area (TPSA) is 124 Å². The lowest BCUT2D eigenvalue weighted by molar-refractivity contribution is -0.121. The van der Waals surface area contributed by atoms with Crippen LogP contribution in [-0.4, -0.2) is 57.1 Å². The highest BCUT2D eigenvalue weighted by molar-refractivity contribution is 7.89. The maximum atomic E-state index is 12.4. The molecule has 3 aromatic rings. The van der Waals surface area contributed by atoms with E-state index in [1.54, 1.807) is 19.2 Å². The van der Waals surface area contributed by atoms with Crippen LogP contribution < -0.4 is 14.8 Å². The molecule has 0 saturated heterocycles. The van der Waals surface area contributed by atoms with Crippen molar-refractivity contribution in [2.45, 2.75) is 24.3 Å². The number of aryl methyl sites for hydroxylation is 1. The number of nitrogens with zero attached hydrogens (tertiary/aromatic N) is 3. The highest BCUT2D eigenvalue weighted by Gasteiger charge is 2.19. The molecule has 10 nitrogen and oxygen atoms in total. The molecule has 1 heterocycles. The number of sulfonamides is 1. The third-order valence-corrected chi connectivity index (χ3v) is 6.70. The summed E-state index contributed by atoms with van der Waals surface area (Å²) in [5.41, 5.74) is 1.35. The Hall–Kier alpha value is -3.44. The summed E-state index contributed by atoms with van der Waals surface area (Å²) in [4.78, 5) is 16.8. The van der Waals surface area contributed by atoms with Crippen LogP contribution in [0.3, 0.4) is 0 Å².